The molecule has 0 radical (unpaired) electrons. The zero-order valence-corrected chi connectivity index (χ0v) is 15.7. The van der Waals surface area contributed by atoms with Gasteiger partial charge in [0.15, 0.2) is 11.4 Å². The van der Waals surface area contributed by atoms with E-state index in [1.54, 1.807) is 37.3 Å². The van der Waals surface area contributed by atoms with Crippen LogP contribution < -0.4 is 5.56 Å². The van der Waals surface area contributed by atoms with Crippen LogP contribution in [0, 0.1) is 11.6 Å². The van der Waals surface area contributed by atoms with Crippen molar-refractivity contribution < 1.29 is 23.4 Å². The lowest BCUT2D eigenvalue weighted by molar-refractivity contribution is 0.0519. The predicted molar refractivity (Wildman–Crippen MR) is 103 cm³/mol. The third-order valence-corrected chi connectivity index (χ3v) is 4.63. The summed E-state index contributed by atoms with van der Waals surface area (Å²) >= 11 is 0. The Labute approximate surface area is 168 Å². The van der Waals surface area contributed by atoms with Crippen LogP contribution in [0.2, 0.25) is 0 Å². The molecule has 152 valence electrons. The molecule has 1 unspecified atom stereocenters. The molecule has 0 saturated heterocycles. The summed E-state index contributed by atoms with van der Waals surface area (Å²) < 4.78 is 33.7. The van der Waals surface area contributed by atoms with E-state index in [4.69, 9.17) is 4.74 Å². The molecule has 0 saturated carbocycles. The first-order chi connectivity index (χ1) is 14.4. The van der Waals surface area contributed by atoms with Gasteiger partial charge >= 0.3 is 5.97 Å². The van der Waals surface area contributed by atoms with Gasteiger partial charge in [-0.25, -0.2) is 13.6 Å². The van der Waals surface area contributed by atoms with E-state index in [-0.39, 0.29) is 23.7 Å². The number of aromatic nitrogens is 2. The molecule has 1 N–H and O–H groups in total. The number of aromatic hydroxyl groups is 1. The number of rotatable bonds is 4. The van der Waals surface area contributed by atoms with E-state index in [0.29, 0.717) is 11.6 Å². The minimum Gasteiger partial charge on any atom is -0.492 e. The van der Waals surface area contributed by atoms with Crippen LogP contribution in [-0.4, -0.2) is 33.1 Å². The van der Waals surface area contributed by atoms with Crippen LogP contribution in [0.25, 0.3) is 0 Å². The Hall–Kier alpha value is -3.88. The zero-order chi connectivity index (χ0) is 21.4. The molecule has 30 heavy (non-hydrogen) atoms. The number of esters is 1. The molecule has 0 bridgehead atoms. The number of hydrogen-bond acceptors (Lipinski definition) is 6. The molecular weight excluding hydrogens is 396 g/mol. The van der Waals surface area contributed by atoms with E-state index in [9.17, 15) is 23.5 Å². The summed E-state index contributed by atoms with van der Waals surface area (Å²) in [6.07, 6.45) is 0. The maximum absolute atomic E-state index is 14.6. The van der Waals surface area contributed by atoms with E-state index in [0.717, 1.165) is 10.7 Å². The fourth-order valence-corrected chi connectivity index (χ4v) is 3.33. The van der Waals surface area contributed by atoms with Gasteiger partial charge in [0.2, 0.25) is 5.88 Å². The van der Waals surface area contributed by atoms with Gasteiger partial charge in [0.25, 0.3) is 5.56 Å². The number of carbonyl (C=O) groups excluding carboxylic acids is 1. The van der Waals surface area contributed by atoms with Crippen LogP contribution in [0.5, 0.6) is 5.88 Å². The monoisotopic (exact) mass is 411 g/mol. The number of nitrogens with zero attached hydrogens (tertiary/aromatic N) is 3. The van der Waals surface area contributed by atoms with Crippen LogP contribution in [0.1, 0.15) is 40.2 Å². The topological polar surface area (TPSA) is 93.8 Å². The number of halogens is 2. The zero-order valence-electron chi connectivity index (χ0n) is 15.7. The Morgan fingerprint density at radius 3 is 2.60 bits per heavy atom. The minimum absolute atomic E-state index is 0.0125. The molecule has 4 rings (SSSR count). The van der Waals surface area contributed by atoms with E-state index in [2.05, 4.69) is 10.1 Å². The Morgan fingerprint density at radius 2 is 1.93 bits per heavy atom. The van der Waals surface area contributed by atoms with Gasteiger partial charge in [-0.2, -0.15) is 14.8 Å². The number of benzene rings is 2. The van der Waals surface area contributed by atoms with Crippen molar-refractivity contribution in [1.29, 1.82) is 0 Å². The molecule has 0 amide bonds. The van der Waals surface area contributed by atoms with Gasteiger partial charge in [-0.1, -0.05) is 36.4 Å². The summed E-state index contributed by atoms with van der Waals surface area (Å²) in [5.74, 6) is -4.63. The number of fused-ring (bicyclic) bond motifs is 1. The van der Waals surface area contributed by atoms with Crippen LogP contribution in [0.3, 0.4) is 0 Å². The quantitative estimate of drug-likeness (QED) is 0.667. The highest BCUT2D eigenvalue weighted by Crippen LogP contribution is 2.34. The Kier molecular flexibility index (Phi) is 4.86. The van der Waals surface area contributed by atoms with Crippen molar-refractivity contribution in [2.75, 3.05) is 6.61 Å². The average Bonchev–Trinajstić information content (AvgIpc) is 3.08. The number of hydrogen-bond donors (Lipinski definition) is 1. The van der Waals surface area contributed by atoms with E-state index in [1.165, 1.54) is 6.07 Å². The maximum Gasteiger partial charge on any atom is 0.349 e. The van der Waals surface area contributed by atoms with Crippen LogP contribution >= 0.6 is 0 Å². The first-order valence-electron chi connectivity index (χ1n) is 9.04. The molecule has 1 aromatic heterocycles. The fourth-order valence-electron chi connectivity index (χ4n) is 3.33. The van der Waals surface area contributed by atoms with Gasteiger partial charge in [0.1, 0.15) is 11.6 Å². The molecule has 1 atom stereocenters. The van der Waals surface area contributed by atoms with Crippen molar-refractivity contribution in [1.82, 2.24) is 9.66 Å². The van der Waals surface area contributed by atoms with Gasteiger partial charge < -0.3 is 9.84 Å². The minimum atomic E-state index is -1.05. The largest absolute Gasteiger partial charge is 0.492 e. The summed E-state index contributed by atoms with van der Waals surface area (Å²) in [4.78, 5) is 28.9. The highest BCUT2D eigenvalue weighted by atomic mass is 19.1. The van der Waals surface area contributed by atoms with Gasteiger partial charge in [0, 0.05) is 11.6 Å². The van der Waals surface area contributed by atoms with E-state index < -0.39 is 40.5 Å². The third kappa shape index (κ3) is 3.14. The highest BCUT2D eigenvalue weighted by Gasteiger charge is 2.37. The lowest BCUT2D eigenvalue weighted by Crippen LogP contribution is -2.28. The van der Waals surface area contributed by atoms with Crippen molar-refractivity contribution >= 4 is 11.7 Å². The molecule has 2 heterocycles. The predicted octanol–water partition coefficient (Wildman–Crippen LogP) is 2.80. The highest BCUT2D eigenvalue weighted by molar-refractivity contribution is 6.08. The lowest BCUT2D eigenvalue weighted by Gasteiger charge is -2.15. The molecule has 0 aliphatic carbocycles. The second-order valence-corrected chi connectivity index (χ2v) is 6.46. The molecule has 0 spiro atoms. The second-order valence-electron chi connectivity index (χ2n) is 6.46. The second kappa shape index (κ2) is 7.51. The van der Waals surface area contributed by atoms with Gasteiger partial charge in [-0.3, -0.25) is 4.79 Å². The Morgan fingerprint density at radius 1 is 1.20 bits per heavy atom. The summed E-state index contributed by atoms with van der Waals surface area (Å²) in [7, 11) is 0. The first kappa shape index (κ1) is 19.4. The van der Waals surface area contributed by atoms with E-state index >= 15 is 0 Å². The Balaban J connectivity index is 1.98. The summed E-state index contributed by atoms with van der Waals surface area (Å²) in [6, 6.07) is 11.7. The Bertz CT molecular complexity index is 1240. The molecule has 1 aliphatic heterocycles. The lowest BCUT2D eigenvalue weighted by atomic mass is 9.89. The normalized spacial score (nSPS) is 14.9. The van der Waals surface area contributed by atoms with Gasteiger partial charge in [0.05, 0.1) is 18.2 Å². The molecule has 2 aromatic carbocycles. The van der Waals surface area contributed by atoms with Crippen LogP contribution in [0.15, 0.2) is 58.4 Å². The third-order valence-electron chi connectivity index (χ3n) is 4.63. The standard InChI is InChI=1S/C21H15F2N3O4/c1-2-30-21(29)16-19(27)24-18-15(13-9-8-12(22)10-14(13)23)17(25-26(18)20(16)28)11-6-4-3-5-7-11/h3-10,15,27H,2H2,1H3. The van der Waals surface area contributed by atoms with Crippen molar-refractivity contribution in [2.24, 2.45) is 5.10 Å². The molecule has 3 aromatic rings. The fraction of sp³-hybridized carbons (Fsp3) is 0.143. The number of carbonyl (C=O) groups is 1. The molecule has 7 nitrogen and oxygen atoms in total. The van der Waals surface area contributed by atoms with Crippen LogP contribution in [-0.2, 0) is 4.74 Å². The van der Waals surface area contributed by atoms with E-state index in [1.807, 2.05) is 0 Å². The van der Waals surface area contributed by atoms with Crippen molar-refractivity contribution in [3.63, 3.8) is 0 Å². The van der Waals surface area contributed by atoms with Crippen LogP contribution in [0.4, 0.5) is 8.78 Å². The van der Waals surface area contributed by atoms with Crippen molar-refractivity contribution in [3.8, 4) is 5.88 Å². The number of ether oxygens (including phenoxy) is 1. The molecular formula is C21H15F2N3O4. The molecule has 1 aliphatic rings. The van der Waals surface area contributed by atoms with Gasteiger partial charge in [-0.15, -0.1) is 0 Å². The summed E-state index contributed by atoms with van der Waals surface area (Å²) in [6.45, 7) is 1.54. The van der Waals surface area contributed by atoms with Gasteiger partial charge in [-0.05, 0) is 18.6 Å². The summed E-state index contributed by atoms with van der Waals surface area (Å²) in [5, 5.41) is 14.5. The molecule has 9 heteroatoms. The molecule has 0 fully saturated rings. The smallest absolute Gasteiger partial charge is 0.349 e. The first-order valence-corrected chi connectivity index (χ1v) is 9.04. The maximum atomic E-state index is 14.6. The van der Waals surface area contributed by atoms with Crippen molar-refractivity contribution in [2.45, 2.75) is 12.8 Å². The average molecular weight is 411 g/mol. The SMILES string of the molecule is CCOC(=O)c1c(O)nc2n(c1=O)N=C(c1ccccc1)C2c1ccc(F)cc1F. The van der Waals surface area contributed by atoms with Crippen molar-refractivity contribution in [3.05, 3.63) is 93.0 Å². The summed E-state index contributed by atoms with van der Waals surface area (Å²) in [5.41, 5.74) is -0.786.